The number of nitrogens with zero attached hydrogens (tertiary/aromatic N) is 1. The van der Waals surface area contributed by atoms with Gasteiger partial charge in [-0.15, -0.1) is 0 Å². The number of nitrogens with one attached hydrogen (secondary N) is 1. The molecule has 1 aliphatic heterocycles. The molecule has 0 aromatic carbocycles. The van der Waals surface area contributed by atoms with Gasteiger partial charge in [-0.05, 0) is 51.9 Å². The van der Waals surface area contributed by atoms with Crippen LogP contribution in [0.1, 0.15) is 32.6 Å². The zero-order valence-electron chi connectivity index (χ0n) is 9.97. The van der Waals surface area contributed by atoms with Gasteiger partial charge in [-0.1, -0.05) is 19.1 Å². The molecule has 1 N–H and O–H groups in total. The first-order valence-electron chi connectivity index (χ1n) is 6.11. The minimum Gasteiger partial charge on any atom is -0.385 e. The normalized spacial score (nSPS) is 18.2. The molecule has 1 rings (SSSR count). The minimum absolute atomic E-state index is 1.02. The lowest BCUT2D eigenvalue weighted by Gasteiger charge is -2.26. The smallest absolute Gasteiger partial charge is 0.0263 e. The molecule has 15 heavy (non-hydrogen) atoms. The number of allylic oxidation sites excluding steroid dienone is 2. The van der Waals surface area contributed by atoms with Crippen LogP contribution in [0.2, 0.25) is 0 Å². The maximum Gasteiger partial charge on any atom is 0.0263 e. The molecule has 0 unspecified atom stereocenters. The van der Waals surface area contributed by atoms with Crippen LogP contribution in [0.4, 0.5) is 0 Å². The van der Waals surface area contributed by atoms with Crippen LogP contribution in [-0.4, -0.2) is 31.1 Å². The van der Waals surface area contributed by atoms with Crippen LogP contribution < -0.4 is 5.32 Å². The van der Waals surface area contributed by atoms with Gasteiger partial charge in [-0.2, -0.15) is 0 Å². The molecule has 0 radical (unpaired) electrons. The largest absolute Gasteiger partial charge is 0.385 e. The zero-order valence-corrected chi connectivity index (χ0v) is 9.97. The van der Waals surface area contributed by atoms with Crippen molar-refractivity contribution in [2.75, 3.05) is 26.2 Å². The zero-order chi connectivity index (χ0) is 10.9. The van der Waals surface area contributed by atoms with Gasteiger partial charge in [0, 0.05) is 12.2 Å². The van der Waals surface area contributed by atoms with Gasteiger partial charge < -0.3 is 10.2 Å². The SMILES string of the molecule is C=C(/C=C/C)NCCCN1CCCCC1. The Bertz CT molecular complexity index is 203. The van der Waals surface area contributed by atoms with E-state index in [2.05, 4.69) is 16.8 Å². The number of hydrogen-bond acceptors (Lipinski definition) is 2. The molecule has 86 valence electrons. The molecule has 2 heteroatoms. The lowest BCUT2D eigenvalue weighted by atomic mass is 10.1. The van der Waals surface area contributed by atoms with Crippen molar-refractivity contribution in [2.45, 2.75) is 32.6 Å². The predicted octanol–water partition coefficient (Wildman–Crippen LogP) is 2.54. The number of rotatable bonds is 6. The summed E-state index contributed by atoms with van der Waals surface area (Å²) in [6.07, 6.45) is 9.45. The van der Waals surface area contributed by atoms with Crippen molar-refractivity contribution in [2.24, 2.45) is 0 Å². The summed E-state index contributed by atoms with van der Waals surface area (Å²) in [4.78, 5) is 2.57. The van der Waals surface area contributed by atoms with Crippen molar-refractivity contribution < 1.29 is 0 Å². The highest BCUT2D eigenvalue weighted by Crippen LogP contribution is 2.08. The van der Waals surface area contributed by atoms with Crippen LogP contribution in [0.5, 0.6) is 0 Å². The second kappa shape index (κ2) is 7.52. The summed E-state index contributed by atoms with van der Waals surface area (Å²) in [5.74, 6) is 0. The highest BCUT2D eigenvalue weighted by molar-refractivity contribution is 5.10. The fourth-order valence-corrected chi connectivity index (χ4v) is 1.99. The number of piperidine rings is 1. The molecule has 1 fully saturated rings. The van der Waals surface area contributed by atoms with Crippen molar-refractivity contribution in [3.63, 3.8) is 0 Å². The van der Waals surface area contributed by atoms with Crippen LogP contribution in [0.25, 0.3) is 0 Å². The predicted molar refractivity (Wildman–Crippen MR) is 66.9 cm³/mol. The average molecular weight is 208 g/mol. The number of hydrogen-bond donors (Lipinski definition) is 1. The fraction of sp³-hybridized carbons (Fsp3) is 0.692. The van der Waals surface area contributed by atoms with Crippen LogP contribution in [0.3, 0.4) is 0 Å². The standard InChI is InChI=1S/C13H24N2/c1-3-8-13(2)14-9-7-12-15-10-5-4-6-11-15/h3,8,14H,2,4-7,9-12H2,1H3/b8-3+. The van der Waals surface area contributed by atoms with Crippen molar-refractivity contribution in [3.05, 3.63) is 24.4 Å². The van der Waals surface area contributed by atoms with Crippen molar-refractivity contribution in [3.8, 4) is 0 Å². The molecule has 0 aliphatic carbocycles. The van der Waals surface area contributed by atoms with Crippen LogP contribution in [-0.2, 0) is 0 Å². The first-order valence-corrected chi connectivity index (χ1v) is 6.11. The monoisotopic (exact) mass is 208 g/mol. The van der Waals surface area contributed by atoms with E-state index < -0.39 is 0 Å². The minimum atomic E-state index is 1.02. The van der Waals surface area contributed by atoms with Gasteiger partial charge in [0.15, 0.2) is 0 Å². The average Bonchev–Trinajstić information content (AvgIpc) is 2.26. The van der Waals surface area contributed by atoms with E-state index in [1.165, 1.54) is 45.3 Å². The van der Waals surface area contributed by atoms with Crippen LogP contribution in [0.15, 0.2) is 24.4 Å². The Morgan fingerprint density at radius 2 is 2.07 bits per heavy atom. The van der Waals surface area contributed by atoms with E-state index in [0.29, 0.717) is 0 Å². The van der Waals surface area contributed by atoms with E-state index in [9.17, 15) is 0 Å². The third-order valence-corrected chi connectivity index (χ3v) is 2.82. The Balaban J connectivity index is 1.98. The molecule has 0 aromatic heterocycles. The molecule has 1 saturated heterocycles. The van der Waals surface area contributed by atoms with E-state index >= 15 is 0 Å². The maximum atomic E-state index is 3.92. The van der Waals surface area contributed by atoms with Gasteiger partial charge in [0.25, 0.3) is 0 Å². The Kier molecular flexibility index (Phi) is 6.17. The molecule has 0 amide bonds. The molecule has 1 aliphatic rings. The van der Waals surface area contributed by atoms with Gasteiger partial charge >= 0.3 is 0 Å². The Morgan fingerprint density at radius 1 is 1.33 bits per heavy atom. The molecule has 0 aromatic rings. The summed E-state index contributed by atoms with van der Waals surface area (Å²) in [5, 5.41) is 3.32. The molecule has 0 bridgehead atoms. The first kappa shape index (κ1) is 12.3. The Morgan fingerprint density at radius 3 is 2.73 bits per heavy atom. The van der Waals surface area contributed by atoms with Gasteiger partial charge in [0.05, 0.1) is 0 Å². The van der Waals surface area contributed by atoms with E-state index in [1.807, 2.05) is 19.1 Å². The molecular formula is C13H24N2. The second-order valence-electron chi connectivity index (χ2n) is 4.21. The molecular weight excluding hydrogens is 184 g/mol. The second-order valence-corrected chi connectivity index (χ2v) is 4.21. The highest BCUT2D eigenvalue weighted by atomic mass is 15.1. The van der Waals surface area contributed by atoms with Crippen molar-refractivity contribution in [1.82, 2.24) is 10.2 Å². The topological polar surface area (TPSA) is 15.3 Å². The molecule has 0 saturated carbocycles. The maximum absolute atomic E-state index is 3.92. The molecule has 0 atom stereocenters. The summed E-state index contributed by atoms with van der Waals surface area (Å²) in [5.41, 5.74) is 1.02. The summed E-state index contributed by atoms with van der Waals surface area (Å²) >= 11 is 0. The van der Waals surface area contributed by atoms with Gasteiger partial charge in [-0.3, -0.25) is 0 Å². The van der Waals surface area contributed by atoms with Crippen molar-refractivity contribution >= 4 is 0 Å². The fourth-order valence-electron chi connectivity index (χ4n) is 1.99. The van der Waals surface area contributed by atoms with E-state index in [1.54, 1.807) is 0 Å². The summed E-state index contributed by atoms with van der Waals surface area (Å²) in [7, 11) is 0. The third-order valence-electron chi connectivity index (χ3n) is 2.82. The summed E-state index contributed by atoms with van der Waals surface area (Å²) in [6.45, 7) is 10.8. The first-order chi connectivity index (χ1) is 7.33. The summed E-state index contributed by atoms with van der Waals surface area (Å²) in [6, 6.07) is 0. The van der Waals surface area contributed by atoms with Gasteiger partial charge in [0.2, 0.25) is 0 Å². The summed E-state index contributed by atoms with van der Waals surface area (Å²) < 4.78 is 0. The highest BCUT2D eigenvalue weighted by Gasteiger charge is 2.08. The Labute approximate surface area is 94.0 Å². The molecule has 1 heterocycles. The lowest BCUT2D eigenvalue weighted by molar-refractivity contribution is 0.226. The Hall–Kier alpha value is -0.760. The van der Waals surface area contributed by atoms with Crippen LogP contribution in [0, 0.1) is 0 Å². The van der Waals surface area contributed by atoms with Gasteiger partial charge in [-0.25, -0.2) is 0 Å². The van der Waals surface area contributed by atoms with E-state index in [4.69, 9.17) is 0 Å². The lowest BCUT2D eigenvalue weighted by Crippen LogP contribution is -2.32. The van der Waals surface area contributed by atoms with E-state index in [-0.39, 0.29) is 0 Å². The van der Waals surface area contributed by atoms with E-state index in [0.717, 1.165) is 12.2 Å². The van der Waals surface area contributed by atoms with Crippen molar-refractivity contribution in [1.29, 1.82) is 0 Å². The van der Waals surface area contributed by atoms with Crippen LogP contribution >= 0.6 is 0 Å². The molecule has 2 nitrogen and oxygen atoms in total. The molecule has 0 spiro atoms. The third kappa shape index (κ3) is 5.63. The quantitative estimate of drug-likeness (QED) is 0.533. The number of likely N-dealkylation sites (tertiary alicyclic amines) is 1. The van der Waals surface area contributed by atoms with Gasteiger partial charge in [0.1, 0.15) is 0 Å².